The van der Waals surface area contributed by atoms with Crippen molar-refractivity contribution in [2.45, 2.75) is 19.6 Å². The van der Waals surface area contributed by atoms with E-state index in [-0.39, 0.29) is 13.2 Å². The molecule has 10 rings (SSSR count). The Morgan fingerprint density at radius 1 is 0.500 bits per heavy atom. The number of aromatic nitrogens is 4. The first kappa shape index (κ1) is 42.9. The van der Waals surface area contributed by atoms with E-state index in [2.05, 4.69) is 90.1 Å². The number of imide groups is 1. The summed E-state index contributed by atoms with van der Waals surface area (Å²) in [6.45, 7) is 0. The molecule has 10 nitrogen and oxygen atoms in total. The Hall–Kier alpha value is -7.80. The number of nitrogens with two attached hydrogens (primary N) is 1. The zero-order valence-electron chi connectivity index (χ0n) is 34.9. The predicted octanol–water partition coefficient (Wildman–Crippen LogP) is 13.0. The Balaban J connectivity index is 0.000000193. The minimum atomic E-state index is -0.287. The van der Waals surface area contributed by atoms with Crippen LogP contribution >= 0.6 is 23.5 Å². The second kappa shape index (κ2) is 19.5. The van der Waals surface area contributed by atoms with E-state index in [9.17, 15) is 9.59 Å². The van der Waals surface area contributed by atoms with Gasteiger partial charge in [-0.15, -0.1) is 0 Å². The molecule has 2 aromatic heterocycles. The molecule has 0 bridgehead atoms. The first-order valence-electron chi connectivity index (χ1n) is 20.2. The van der Waals surface area contributed by atoms with Gasteiger partial charge in [-0.2, -0.15) is 10.2 Å². The van der Waals surface area contributed by atoms with Crippen LogP contribution in [0.15, 0.2) is 189 Å². The molecule has 316 valence electrons. The minimum absolute atomic E-state index is 0. The molecule has 0 aliphatic carbocycles. The van der Waals surface area contributed by atoms with Gasteiger partial charge in [0.2, 0.25) is 0 Å². The second-order valence-corrected chi connectivity index (χ2v) is 16.9. The highest BCUT2D eigenvalue weighted by atomic mass is 32.2. The van der Waals surface area contributed by atoms with Crippen molar-refractivity contribution in [1.29, 1.82) is 11.1 Å². The highest BCUT2D eigenvalue weighted by molar-refractivity contribution is 7.99. The van der Waals surface area contributed by atoms with E-state index in [0.29, 0.717) is 16.8 Å². The third-order valence-corrected chi connectivity index (χ3v) is 12.3. The lowest BCUT2D eigenvalue weighted by Crippen LogP contribution is -2.29. The van der Waals surface area contributed by atoms with Crippen LogP contribution in [0.3, 0.4) is 0 Å². The molecule has 1 aliphatic heterocycles. The summed E-state index contributed by atoms with van der Waals surface area (Å²) in [5.41, 5.74) is 24.5. The molecular weight excluding hydrogens is 833 g/mol. The van der Waals surface area contributed by atoms with E-state index in [4.69, 9.17) is 21.9 Å². The number of aryl methyl sites for hydroxylation is 2. The largest absolute Gasteiger partial charge is 0.399 e. The Morgan fingerprint density at radius 2 is 0.938 bits per heavy atom. The first-order chi connectivity index (χ1) is 31.3. The maximum absolute atomic E-state index is 12.9. The number of anilines is 2. The van der Waals surface area contributed by atoms with Crippen molar-refractivity contribution in [3.63, 3.8) is 0 Å². The van der Waals surface area contributed by atoms with Gasteiger partial charge in [-0.05, 0) is 108 Å². The molecule has 7 aromatic carbocycles. The average molecular weight is 877 g/mol. The van der Waals surface area contributed by atoms with Gasteiger partial charge in [0.25, 0.3) is 11.8 Å². The molecule has 0 fully saturated rings. The van der Waals surface area contributed by atoms with Crippen LogP contribution in [0.1, 0.15) is 44.7 Å². The van der Waals surface area contributed by atoms with Crippen LogP contribution in [-0.4, -0.2) is 31.4 Å². The van der Waals surface area contributed by atoms with Crippen molar-refractivity contribution in [1.82, 2.24) is 19.6 Å². The molecule has 0 unspecified atom stereocenters. The van der Waals surface area contributed by atoms with E-state index in [0.717, 1.165) is 59.1 Å². The molecule has 2 amide bonds. The fourth-order valence-electron chi connectivity index (χ4n) is 7.34. The number of nitrogens with zero attached hydrogens (tertiary/aromatic N) is 5. The van der Waals surface area contributed by atoms with Crippen molar-refractivity contribution in [3.8, 4) is 0 Å². The third kappa shape index (κ3) is 9.48. The van der Waals surface area contributed by atoms with Crippen molar-refractivity contribution in [2.75, 3.05) is 10.6 Å². The monoisotopic (exact) mass is 876 g/mol. The van der Waals surface area contributed by atoms with Gasteiger partial charge in [-0.25, -0.2) is 16.0 Å². The van der Waals surface area contributed by atoms with Gasteiger partial charge in [0.05, 0.1) is 39.2 Å². The number of nitrogens with one attached hydrogen (secondary N) is 2. The number of carbonyl (C=O) groups excluding carboxylic acids is 2. The van der Waals surface area contributed by atoms with Gasteiger partial charge in [0.15, 0.2) is 0 Å². The molecular formula is C52H44N8O2S2. The van der Waals surface area contributed by atoms with Crippen molar-refractivity contribution >= 4 is 92.8 Å². The van der Waals surface area contributed by atoms with Gasteiger partial charge in [-0.1, -0.05) is 121 Å². The zero-order chi connectivity index (χ0) is 44.6. The summed E-state index contributed by atoms with van der Waals surface area (Å²) >= 11 is 3.29. The van der Waals surface area contributed by atoms with Crippen LogP contribution in [0.2, 0.25) is 0 Å². The van der Waals surface area contributed by atoms with Gasteiger partial charge in [0, 0.05) is 51.6 Å². The topological polar surface area (TPSA) is 147 Å². The smallest absolute Gasteiger partial charge is 0.266 e. The molecule has 4 N–H and O–H groups in total. The van der Waals surface area contributed by atoms with Gasteiger partial charge < -0.3 is 5.73 Å². The fourth-order valence-corrected chi connectivity index (χ4v) is 9.17. The number of amides is 2. The molecule has 1 aliphatic rings. The van der Waals surface area contributed by atoms with Crippen LogP contribution < -0.4 is 10.6 Å². The van der Waals surface area contributed by atoms with Crippen LogP contribution in [0.25, 0.3) is 46.1 Å². The lowest BCUT2D eigenvalue weighted by molar-refractivity contribution is 0.0926. The number of fused-ring (bicyclic) bond motifs is 3. The minimum Gasteiger partial charge on any atom is -0.399 e. The lowest BCUT2D eigenvalue weighted by atomic mass is 10.1. The third-order valence-electron chi connectivity index (χ3n) is 10.4. The van der Waals surface area contributed by atoms with Crippen molar-refractivity contribution < 1.29 is 11.0 Å². The fraction of sp³-hybridized carbons (Fsp3) is 0.0385. The van der Waals surface area contributed by atoms with Crippen LogP contribution in [0.4, 0.5) is 11.4 Å². The molecule has 0 saturated heterocycles. The summed E-state index contributed by atoms with van der Waals surface area (Å²) < 4.78 is 3.82. The molecule has 12 heteroatoms. The summed E-state index contributed by atoms with van der Waals surface area (Å²) in [5.74, 6) is -0.574. The standard InChI is InChI=1S/C30H21N3O2S.C22H19N3S.H2N2.H2/c1-32-28-19-23(15-16-26(28)27(31-32)17-14-20-8-3-2-4-9-20)36-22-11-7-10-21(18-22)33-29(34)24-12-5-6-13-25(24)30(33)35;1-25-22-15-19(26-18-9-5-8-17(23)14-18)11-12-20(22)21(24-25)13-10-16-6-3-2-4-7-16;1-2;/h2-19H,1H3;2-15H,23H2,1H3;1-2H;1H/b17-14+;13-10+;;. The summed E-state index contributed by atoms with van der Waals surface area (Å²) in [6.07, 6.45) is 8.27. The van der Waals surface area contributed by atoms with Gasteiger partial charge >= 0.3 is 0 Å². The van der Waals surface area contributed by atoms with Crippen LogP contribution in [-0.2, 0) is 14.1 Å². The van der Waals surface area contributed by atoms with Crippen LogP contribution in [0, 0.1) is 11.1 Å². The number of nitrogen functional groups attached to an aromatic ring is 1. The van der Waals surface area contributed by atoms with E-state index >= 15 is 0 Å². The van der Waals surface area contributed by atoms with Crippen LogP contribution in [0.5, 0.6) is 0 Å². The van der Waals surface area contributed by atoms with E-state index in [1.54, 1.807) is 53.9 Å². The molecule has 0 radical (unpaired) electrons. The number of benzene rings is 7. The van der Waals surface area contributed by atoms with E-state index in [1.807, 2.05) is 102 Å². The Labute approximate surface area is 380 Å². The summed E-state index contributed by atoms with van der Waals surface area (Å²) in [6, 6.07) is 55.6. The second-order valence-electron chi connectivity index (χ2n) is 14.6. The van der Waals surface area contributed by atoms with Crippen molar-refractivity contribution in [2.24, 2.45) is 14.1 Å². The number of rotatable bonds is 9. The number of hydrogen-bond acceptors (Lipinski definition) is 9. The van der Waals surface area contributed by atoms with E-state index in [1.165, 1.54) is 15.4 Å². The van der Waals surface area contributed by atoms with Gasteiger partial charge in [-0.3, -0.25) is 19.0 Å². The molecule has 0 saturated carbocycles. The summed E-state index contributed by atoms with van der Waals surface area (Å²) in [5, 5.41) is 11.6. The Kier molecular flexibility index (Phi) is 13.1. The summed E-state index contributed by atoms with van der Waals surface area (Å²) in [7, 11) is 3.93. The predicted molar refractivity (Wildman–Crippen MR) is 263 cm³/mol. The molecule has 9 aromatic rings. The zero-order valence-corrected chi connectivity index (χ0v) is 36.6. The van der Waals surface area contributed by atoms with Gasteiger partial charge in [0.1, 0.15) is 0 Å². The first-order valence-corrected chi connectivity index (χ1v) is 21.8. The Morgan fingerprint density at radius 3 is 1.42 bits per heavy atom. The molecule has 3 heterocycles. The lowest BCUT2D eigenvalue weighted by Gasteiger charge is -2.15. The SMILES string of the molecule is Cn1nc(/C=C/c2ccccc2)c2ccc(Sc3cccc(N)c3)cc21.Cn1nc(/C=C/c2ccccc2)c2ccc(Sc3cccc(N4C(=O)c5ccccc5C4=O)c3)cc21.N=N.[HH]. The maximum atomic E-state index is 12.9. The molecule has 64 heavy (non-hydrogen) atoms. The Bertz CT molecular complexity index is 3170. The average Bonchev–Trinajstić information content (AvgIpc) is 3.92. The number of carbonyl (C=O) groups is 2. The highest BCUT2D eigenvalue weighted by Crippen LogP contribution is 2.36. The maximum Gasteiger partial charge on any atom is 0.266 e. The quantitative estimate of drug-likeness (QED) is 0.0743. The normalized spacial score (nSPS) is 12.1. The molecule has 0 atom stereocenters. The van der Waals surface area contributed by atoms with Crippen molar-refractivity contribution in [3.05, 3.63) is 203 Å². The highest BCUT2D eigenvalue weighted by Gasteiger charge is 2.36. The molecule has 0 spiro atoms. The number of hydrogen-bond donors (Lipinski definition) is 3. The summed E-state index contributed by atoms with van der Waals surface area (Å²) in [4.78, 5) is 31.3. The van der Waals surface area contributed by atoms with E-state index < -0.39 is 0 Å².